The van der Waals surface area contributed by atoms with Crippen molar-refractivity contribution in [2.45, 2.75) is 12.5 Å². The second-order valence-electron chi connectivity index (χ2n) is 4.75. The number of halogens is 3. The lowest BCUT2D eigenvalue weighted by Gasteiger charge is -2.31. The molecular formula is C15H14BrCl2NO. The molecule has 0 aliphatic carbocycles. The van der Waals surface area contributed by atoms with Gasteiger partial charge >= 0.3 is 0 Å². The third-order valence-electron chi connectivity index (χ3n) is 3.09. The van der Waals surface area contributed by atoms with Gasteiger partial charge in [-0.25, -0.2) is 0 Å². The molecule has 0 saturated heterocycles. The van der Waals surface area contributed by atoms with Crippen LogP contribution in [0, 0.1) is 0 Å². The highest BCUT2D eigenvalue weighted by atomic mass is 79.9. The van der Waals surface area contributed by atoms with E-state index in [2.05, 4.69) is 21.2 Å². The van der Waals surface area contributed by atoms with Crippen LogP contribution in [0.4, 0.5) is 5.69 Å². The van der Waals surface area contributed by atoms with Crippen molar-refractivity contribution in [1.82, 2.24) is 0 Å². The molecule has 2 nitrogen and oxygen atoms in total. The fourth-order valence-corrected chi connectivity index (χ4v) is 3.09. The summed E-state index contributed by atoms with van der Waals surface area (Å²) in [4.78, 5) is 0. The molecule has 0 heterocycles. The zero-order valence-electron chi connectivity index (χ0n) is 10.8. The van der Waals surface area contributed by atoms with Crippen molar-refractivity contribution in [2.24, 2.45) is 0 Å². The first-order valence-electron chi connectivity index (χ1n) is 6.05. The van der Waals surface area contributed by atoms with E-state index in [0.29, 0.717) is 10.0 Å². The molecule has 0 saturated carbocycles. The van der Waals surface area contributed by atoms with Crippen LogP contribution in [0.15, 0.2) is 46.9 Å². The SMILES string of the molecule is CC(CO)(Nc1cccc(Cl)c1)c1ccc(Br)cc1Cl. The molecule has 2 rings (SSSR count). The van der Waals surface area contributed by atoms with Gasteiger partial charge in [-0.15, -0.1) is 0 Å². The predicted octanol–water partition coefficient (Wildman–Crippen LogP) is 5.08. The number of rotatable bonds is 4. The van der Waals surface area contributed by atoms with Gasteiger partial charge in [0.2, 0.25) is 0 Å². The molecule has 1 atom stereocenters. The van der Waals surface area contributed by atoms with E-state index >= 15 is 0 Å². The smallest absolute Gasteiger partial charge is 0.0842 e. The van der Waals surface area contributed by atoms with E-state index < -0.39 is 5.54 Å². The molecule has 20 heavy (non-hydrogen) atoms. The highest BCUT2D eigenvalue weighted by Gasteiger charge is 2.28. The Kier molecular flexibility index (Phi) is 4.97. The van der Waals surface area contributed by atoms with Crippen LogP contribution in [0.2, 0.25) is 10.0 Å². The monoisotopic (exact) mass is 373 g/mol. The largest absolute Gasteiger partial charge is 0.394 e. The molecule has 0 aromatic heterocycles. The number of aliphatic hydroxyl groups is 1. The van der Waals surface area contributed by atoms with Gasteiger partial charge in [-0.05, 0) is 42.8 Å². The van der Waals surface area contributed by atoms with Gasteiger partial charge in [-0.3, -0.25) is 0 Å². The molecule has 2 aromatic carbocycles. The zero-order valence-corrected chi connectivity index (χ0v) is 13.9. The summed E-state index contributed by atoms with van der Waals surface area (Å²) in [6.45, 7) is 1.80. The van der Waals surface area contributed by atoms with Gasteiger partial charge in [0.25, 0.3) is 0 Å². The van der Waals surface area contributed by atoms with Gasteiger partial charge in [-0.2, -0.15) is 0 Å². The second kappa shape index (κ2) is 6.35. The van der Waals surface area contributed by atoms with E-state index in [1.54, 1.807) is 6.07 Å². The number of hydrogen-bond donors (Lipinski definition) is 2. The van der Waals surface area contributed by atoms with E-state index in [-0.39, 0.29) is 6.61 Å². The van der Waals surface area contributed by atoms with Crippen molar-refractivity contribution in [1.29, 1.82) is 0 Å². The van der Waals surface area contributed by atoms with Gasteiger partial charge in [0.15, 0.2) is 0 Å². The number of benzene rings is 2. The molecule has 0 bridgehead atoms. The summed E-state index contributed by atoms with van der Waals surface area (Å²) >= 11 is 15.6. The molecule has 106 valence electrons. The number of anilines is 1. The maximum Gasteiger partial charge on any atom is 0.0842 e. The Hall–Kier alpha value is -0.740. The Morgan fingerprint density at radius 2 is 1.95 bits per heavy atom. The van der Waals surface area contributed by atoms with E-state index in [9.17, 15) is 5.11 Å². The molecule has 0 aliphatic heterocycles. The van der Waals surface area contributed by atoms with E-state index in [0.717, 1.165) is 15.7 Å². The summed E-state index contributed by atoms with van der Waals surface area (Å²) in [5.74, 6) is 0. The van der Waals surface area contributed by atoms with Crippen molar-refractivity contribution in [3.63, 3.8) is 0 Å². The molecule has 1 unspecified atom stereocenters. The Balaban J connectivity index is 2.38. The topological polar surface area (TPSA) is 32.3 Å². The van der Waals surface area contributed by atoms with Gasteiger partial charge in [0.05, 0.1) is 12.1 Å². The summed E-state index contributed by atoms with van der Waals surface area (Å²) in [7, 11) is 0. The molecule has 5 heteroatoms. The first-order chi connectivity index (χ1) is 9.44. The van der Waals surface area contributed by atoms with Crippen molar-refractivity contribution < 1.29 is 5.11 Å². The fraction of sp³-hybridized carbons (Fsp3) is 0.200. The van der Waals surface area contributed by atoms with Crippen LogP contribution in [0.25, 0.3) is 0 Å². The molecule has 0 amide bonds. The van der Waals surface area contributed by atoms with Crippen LogP contribution < -0.4 is 5.32 Å². The molecule has 0 spiro atoms. The van der Waals surface area contributed by atoms with Gasteiger partial charge < -0.3 is 10.4 Å². The molecular weight excluding hydrogens is 361 g/mol. The van der Waals surface area contributed by atoms with Crippen LogP contribution in [-0.4, -0.2) is 11.7 Å². The lowest BCUT2D eigenvalue weighted by Crippen LogP contribution is -2.36. The standard InChI is InChI=1S/C15H14BrCl2NO/c1-15(9-20,13-6-5-10(16)7-14(13)18)19-12-4-2-3-11(17)8-12/h2-8,19-20H,9H2,1H3. The number of hydrogen-bond acceptors (Lipinski definition) is 2. The Bertz CT molecular complexity index is 621. The molecule has 0 fully saturated rings. The summed E-state index contributed by atoms with van der Waals surface area (Å²) in [5.41, 5.74) is 0.959. The minimum Gasteiger partial charge on any atom is -0.394 e. The third-order valence-corrected chi connectivity index (χ3v) is 4.13. The van der Waals surface area contributed by atoms with Crippen molar-refractivity contribution in [2.75, 3.05) is 11.9 Å². The van der Waals surface area contributed by atoms with Gasteiger partial charge in [0, 0.05) is 20.2 Å². The van der Waals surface area contributed by atoms with Gasteiger partial charge in [0.1, 0.15) is 0 Å². The molecule has 0 radical (unpaired) electrons. The van der Waals surface area contributed by atoms with Crippen LogP contribution in [-0.2, 0) is 5.54 Å². The highest BCUT2D eigenvalue weighted by Crippen LogP contribution is 2.33. The van der Waals surface area contributed by atoms with Crippen molar-refractivity contribution in [3.05, 3.63) is 62.5 Å². The summed E-state index contributed by atoms with van der Waals surface area (Å²) < 4.78 is 0.897. The Morgan fingerprint density at radius 3 is 2.55 bits per heavy atom. The fourth-order valence-electron chi connectivity index (χ4n) is 2.01. The molecule has 2 aromatic rings. The zero-order chi connectivity index (χ0) is 14.8. The van der Waals surface area contributed by atoms with E-state index in [1.807, 2.05) is 43.3 Å². The van der Waals surface area contributed by atoms with Crippen LogP contribution in [0.3, 0.4) is 0 Å². The normalized spacial score (nSPS) is 13.8. The summed E-state index contributed by atoms with van der Waals surface area (Å²) in [5, 5.41) is 14.3. The number of nitrogens with one attached hydrogen (secondary N) is 1. The van der Waals surface area contributed by atoms with Crippen molar-refractivity contribution in [3.8, 4) is 0 Å². The maximum atomic E-state index is 9.80. The highest BCUT2D eigenvalue weighted by molar-refractivity contribution is 9.10. The first-order valence-corrected chi connectivity index (χ1v) is 7.60. The Morgan fingerprint density at radius 1 is 1.20 bits per heavy atom. The summed E-state index contributed by atoms with van der Waals surface area (Å²) in [6, 6.07) is 13.0. The minimum atomic E-state index is -0.692. The first kappa shape index (κ1) is 15.6. The lowest BCUT2D eigenvalue weighted by atomic mass is 9.92. The molecule has 0 aliphatic rings. The van der Waals surface area contributed by atoms with E-state index in [1.165, 1.54) is 0 Å². The Labute approximate surface area is 136 Å². The predicted molar refractivity (Wildman–Crippen MR) is 88.7 cm³/mol. The lowest BCUT2D eigenvalue weighted by molar-refractivity contribution is 0.224. The average Bonchev–Trinajstić information content (AvgIpc) is 2.38. The van der Waals surface area contributed by atoms with Crippen LogP contribution >= 0.6 is 39.1 Å². The van der Waals surface area contributed by atoms with Crippen molar-refractivity contribution >= 4 is 44.8 Å². The quantitative estimate of drug-likeness (QED) is 0.782. The van der Waals surface area contributed by atoms with Crippen LogP contribution in [0.5, 0.6) is 0 Å². The van der Waals surface area contributed by atoms with E-state index in [4.69, 9.17) is 23.2 Å². The number of aliphatic hydroxyl groups excluding tert-OH is 1. The minimum absolute atomic E-state index is 0.0964. The summed E-state index contributed by atoms with van der Waals surface area (Å²) in [6.07, 6.45) is 0. The third kappa shape index (κ3) is 3.47. The maximum absolute atomic E-state index is 9.80. The molecule has 2 N–H and O–H groups in total. The van der Waals surface area contributed by atoms with Crippen LogP contribution in [0.1, 0.15) is 12.5 Å². The second-order valence-corrected chi connectivity index (χ2v) is 6.51. The average molecular weight is 375 g/mol. The van der Waals surface area contributed by atoms with Gasteiger partial charge in [-0.1, -0.05) is 51.3 Å².